The molecule has 2 aromatic rings. The highest BCUT2D eigenvalue weighted by Crippen LogP contribution is 2.41. The number of aromatic hydroxyl groups is 2. The molecule has 0 fully saturated rings. The zero-order valence-electron chi connectivity index (χ0n) is 11.7. The lowest BCUT2D eigenvalue weighted by Gasteiger charge is -2.32. The quantitative estimate of drug-likeness (QED) is 0.574. The van der Waals surface area contributed by atoms with Gasteiger partial charge in [0.1, 0.15) is 23.0 Å². The number of benzene rings is 2. The minimum Gasteiger partial charge on any atom is -0.508 e. The number of esters is 1. The number of phenols is 2. The number of hydrogen-bond acceptors (Lipinski definition) is 6. The fourth-order valence-corrected chi connectivity index (χ4v) is 2.51. The summed E-state index contributed by atoms with van der Waals surface area (Å²) in [6.45, 7) is 0. The van der Waals surface area contributed by atoms with Crippen LogP contribution >= 0.6 is 0 Å². The largest absolute Gasteiger partial charge is 0.508 e. The van der Waals surface area contributed by atoms with E-state index in [1.165, 1.54) is 37.4 Å². The Labute approximate surface area is 126 Å². The monoisotopic (exact) mass is 302 g/mol. The summed E-state index contributed by atoms with van der Waals surface area (Å²) in [5.74, 6) is -0.613. The summed E-state index contributed by atoms with van der Waals surface area (Å²) in [6, 6.07) is 8.57. The Kier molecular flexibility index (Phi) is 3.18. The molecule has 0 bridgehead atoms. The molecule has 3 N–H and O–H groups in total. The lowest BCUT2D eigenvalue weighted by Crippen LogP contribution is -2.44. The number of ether oxygens (including phenoxy) is 2. The van der Waals surface area contributed by atoms with Gasteiger partial charge in [-0.1, -0.05) is 6.07 Å². The van der Waals surface area contributed by atoms with E-state index in [9.17, 15) is 20.1 Å². The number of hydrogen-bond donors (Lipinski definition) is 3. The highest BCUT2D eigenvalue weighted by Gasteiger charge is 2.46. The van der Waals surface area contributed by atoms with Crippen LogP contribution in [0.5, 0.6) is 23.0 Å². The summed E-state index contributed by atoms with van der Waals surface area (Å²) in [4.78, 5) is 12.2. The van der Waals surface area contributed by atoms with Gasteiger partial charge in [-0.2, -0.15) is 0 Å². The zero-order valence-corrected chi connectivity index (χ0v) is 11.7. The highest BCUT2D eigenvalue weighted by atomic mass is 16.6. The fraction of sp³-hybridized carbons (Fsp3) is 0.188. The molecule has 0 spiro atoms. The van der Waals surface area contributed by atoms with E-state index in [4.69, 9.17) is 9.47 Å². The van der Waals surface area contributed by atoms with Crippen molar-refractivity contribution in [1.29, 1.82) is 0 Å². The van der Waals surface area contributed by atoms with Crippen molar-refractivity contribution >= 4 is 5.97 Å². The van der Waals surface area contributed by atoms with E-state index >= 15 is 0 Å². The lowest BCUT2D eigenvalue weighted by atomic mass is 9.84. The third-order valence-corrected chi connectivity index (χ3v) is 3.69. The van der Waals surface area contributed by atoms with Gasteiger partial charge < -0.3 is 24.8 Å². The molecule has 6 heteroatoms. The molecule has 1 heterocycles. The normalized spacial score (nSPS) is 20.2. The lowest BCUT2D eigenvalue weighted by molar-refractivity contribution is -0.159. The maximum atomic E-state index is 12.2. The van der Waals surface area contributed by atoms with Crippen LogP contribution < -0.4 is 9.47 Å². The molecule has 0 aromatic heterocycles. The predicted octanol–water partition coefficient (Wildman–Crippen LogP) is 1.46. The molecule has 0 saturated carbocycles. The standard InChI is InChI=1S/C16H14O6/c1-21-11-4-5-12(13(18)7-11)16(20)8-9-2-3-10(17)6-14(9)22-15(16)19/h2-7,17-18,20H,8H2,1H3/t16-/m1/s1. The van der Waals surface area contributed by atoms with Gasteiger partial charge in [0.15, 0.2) is 5.60 Å². The van der Waals surface area contributed by atoms with Gasteiger partial charge in [0, 0.05) is 24.1 Å². The first-order valence-electron chi connectivity index (χ1n) is 6.58. The van der Waals surface area contributed by atoms with Gasteiger partial charge in [0.05, 0.1) is 7.11 Å². The fourth-order valence-electron chi connectivity index (χ4n) is 2.51. The van der Waals surface area contributed by atoms with Gasteiger partial charge in [-0.05, 0) is 23.8 Å². The Hall–Kier alpha value is -2.73. The van der Waals surface area contributed by atoms with Crippen molar-refractivity contribution in [2.24, 2.45) is 0 Å². The SMILES string of the molecule is COc1ccc([C@]2(O)Cc3ccc(O)cc3OC2=O)c(O)c1. The van der Waals surface area contributed by atoms with Crippen LogP contribution in [0.2, 0.25) is 0 Å². The van der Waals surface area contributed by atoms with E-state index < -0.39 is 11.6 Å². The number of phenolic OH excluding ortho intramolecular Hbond substituents is 2. The van der Waals surface area contributed by atoms with Gasteiger partial charge in [-0.25, -0.2) is 4.79 Å². The van der Waals surface area contributed by atoms with Crippen LogP contribution in [0.25, 0.3) is 0 Å². The third-order valence-electron chi connectivity index (χ3n) is 3.69. The summed E-state index contributed by atoms with van der Waals surface area (Å²) in [5, 5.41) is 30.2. The first kappa shape index (κ1) is 14.2. The molecule has 2 aromatic carbocycles. The minimum absolute atomic E-state index is 0.0377. The first-order chi connectivity index (χ1) is 10.4. The number of aliphatic hydroxyl groups is 1. The van der Waals surface area contributed by atoms with Crippen LogP contribution in [-0.2, 0) is 16.8 Å². The summed E-state index contributed by atoms with van der Waals surface area (Å²) < 4.78 is 10.1. The Morgan fingerprint density at radius 2 is 1.95 bits per heavy atom. The molecular formula is C16H14O6. The molecule has 1 aliphatic heterocycles. The molecule has 3 rings (SSSR count). The molecule has 1 atom stereocenters. The summed E-state index contributed by atoms with van der Waals surface area (Å²) >= 11 is 0. The molecule has 114 valence electrons. The molecule has 0 aliphatic carbocycles. The second-order valence-electron chi connectivity index (χ2n) is 5.10. The smallest absolute Gasteiger partial charge is 0.348 e. The Morgan fingerprint density at radius 3 is 2.64 bits per heavy atom. The maximum Gasteiger partial charge on any atom is 0.348 e. The molecular weight excluding hydrogens is 288 g/mol. The topological polar surface area (TPSA) is 96.2 Å². The van der Waals surface area contributed by atoms with E-state index in [-0.39, 0.29) is 29.2 Å². The van der Waals surface area contributed by atoms with E-state index in [0.717, 1.165) is 0 Å². The van der Waals surface area contributed by atoms with Crippen molar-refractivity contribution in [2.75, 3.05) is 7.11 Å². The number of fused-ring (bicyclic) bond motifs is 1. The zero-order chi connectivity index (χ0) is 15.9. The number of carbonyl (C=O) groups is 1. The predicted molar refractivity (Wildman–Crippen MR) is 76.0 cm³/mol. The van der Waals surface area contributed by atoms with Gasteiger partial charge in [0.2, 0.25) is 0 Å². The molecule has 0 saturated heterocycles. The van der Waals surface area contributed by atoms with Gasteiger partial charge in [0.25, 0.3) is 0 Å². The molecule has 0 amide bonds. The minimum atomic E-state index is -2.00. The van der Waals surface area contributed by atoms with Crippen LogP contribution in [-0.4, -0.2) is 28.4 Å². The number of rotatable bonds is 2. The second-order valence-corrected chi connectivity index (χ2v) is 5.10. The Morgan fingerprint density at radius 1 is 1.18 bits per heavy atom. The Balaban J connectivity index is 2.06. The van der Waals surface area contributed by atoms with Crippen molar-refractivity contribution < 1.29 is 29.6 Å². The van der Waals surface area contributed by atoms with E-state index in [1.807, 2.05) is 0 Å². The summed E-state index contributed by atoms with van der Waals surface area (Å²) in [7, 11) is 1.45. The number of carbonyl (C=O) groups excluding carboxylic acids is 1. The van der Waals surface area contributed by atoms with Crippen LogP contribution in [0.4, 0.5) is 0 Å². The van der Waals surface area contributed by atoms with Crippen molar-refractivity contribution in [3.8, 4) is 23.0 Å². The average molecular weight is 302 g/mol. The van der Waals surface area contributed by atoms with Crippen LogP contribution in [0.1, 0.15) is 11.1 Å². The maximum absolute atomic E-state index is 12.2. The molecule has 0 unspecified atom stereocenters. The Bertz CT molecular complexity index is 754. The third kappa shape index (κ3) is 2.14. The van der Waals surface area contributed by atoms with Crippen LogP contribution in [0.15, 0.2) is 36.4 Å². The first-order valence-corrected chi connectivity index (χ1v) is 6.58. The molecule has 6 nitrogen and oxygen atoms in total. The molecule has 22 heavy (non-hydrogen) atoms. The van der Waals surface area contributed by atoms with Gasteiger partial charge >= 0.3 is 5.97 Å². The van der Waals surface area contributed by atoms with Crippen molar-refractivity contribution in [3.63, 3.8) is 0 Å². The molecule has 0 radical (unpaired) electrons. The summed E-state index contributed by atoms with van der Waals surface area (Å²) in [5.41, 5.74) is -1.41. The van der Waals surface area contributed by atoms with Gasteiger partial charge in [-0.3, -0.25) is 0 Å². The van der Waals surface area contributed by atoms with E-state index in [0.29, 0.717) is 11.3 Å². The number of methoxy groups -OCH3 is 1. The van der Waals surface area contributed by atoms with E-state index in [1.54, 1.807) is 6.07 Å². The highest BCUT2D eigenvalue weighted by molar-refractivity contribution is 5.86. The van der Waals surface area contributed by atoms with Crippen LogP contribution in [0, 0.1) is 0 Å². The van der Waals surface area contributed by atoms with Gasteiger partial charge in [-0.15, -0.1) is 0 Å². The second kappa shape index (κ2) is 4.92. The van der Waals surface area contributed by atoms with Crippen molar-refractivity contribution in [1.82, 2.24) is 0 Å². The van der Waals surface area contributed by atoms with Crippen molar-refractivity contribution in [3.05, 3.63) is 47.5 Å². The van der Waals surface area contributed by atoms with Crippen LogP contribution in [0.3, 0.4) is 0 Å². The average Bonchev–Trinajstić information content (AvgIpc) is 2.48. The van der Waals surface area contributed by atoms with E-state index in [2.05, 4.69) is 0 Å². The summed E-state index contributed by atoms with van der Waals surface area (Å²) in [6.07, 6.45) is -0.0681. The van der Waals surface area contributed by atoms with Crippen molar-refractivity contribution in [2.45, 2.75) is 12.0 Å². The molecule has 1 aliphatic rings.